The highest BCUT2D eigenvalue weighted by Gasteiger charge is 2.15. The second-order valence-electron chi connectivity index (χ2n) is 5.08. The minimum atomic E-state index is -0.567. The summed E-state index contributed by atoms with van der Waals surface area (Å²) in [6.45, 7) is 3.91. The van der Waals surface area contributed by atoms with Crippen LogP contribution >= 0.6 is 0 Å². The number of carbonyl (C=O) groups is 1. The van der Waals surface area contributed by atoms with Crippen molar-refractivity contribution < 1.29 is 4.79 Å². The molecule has 1 aromatic carbocycles. The molecule has 1 atom stereocenters. The van der Waals surface area contributed by atoms with Crippen LogP contribution < -0.4 is 11.1 Å². The Morgan fingerprint density at radius 2 is 1.89 bits per heavy atom. The number of rotatable bonds is 5. The third-order valence-electron chi connectivity index (χ3n) is 3.62. The Labute approximate surface area is 115 Å². The fourth-order valence-electron chi connectivity index (χ4n) is 2.44. The normalized spacial score (nSPS) is 17.9. The number of nitrogens with zero attached hydrogens (tertiary/aromatic N) is 1. The number of nitrogens with one attached hydrogen (secondary N) is 1. The van der Waals surface area contributed by atoms with E-state index in [2.05, 4.69) is 10.2 Å². The van der Waals surface area contributed by atoms with Crippen LogP contribution in [0.3, 0.4) is 0 Å². The molecule has 1 unspecified atom stereocenters. The minimum absolute atomic E-state index is 0.0943. The Morgan fingerprint density at radius 1 is 1.21 bits per heavy atom. The van der Waals surface area contributed by atoms with Crippen molar-refractivity contribution in [2.24, 2.45) is 5.73 Å². The van der Waals surface area contributed by atoms with E-state index in [1.807, 2.05) is 30.3 Å². The number of amides is 1. The van der Waals surface area contributed by atoms with E-state index < -0.39 is 6.04 Å². The lowest BCUT2D eigenvalue weighted by atomic mass is 10.1. The largest absolute Gasteiger partial charge is 0.353 e. The van der Waals surface area contributed by atoms with Gasteiger partial charge in [0.05, 0.1) is 0 Å². The van der Waals surface area contributed by atoms with Crippen LogP contribution in [0.2, 0.25) is 0 Å². The topological polar surface area (TPSA) is 58.4 Å². The van der Waals surface area contributed by atoms with E-state index in [0.29, 0.717) is 6.54 Å². The minimum Gasteiger partial charge on any atom is -0.353 e. The van der Waals surface area contributed by atoms with E-state index in [0.717, 1.165) is 25.2 Å². The van der Waals surface area contributed by atoms with Crippen molar-refractivity contribution in [1.29, 1.82) is 0 Å². The maximum atomic E-state index is 11.9. The number of benzene rings is 1. The molecule has 3 N–H and O–H groups in total. The van der Waals surface area contributed by atoms with E-state index in [4.69, 9.17) is 5.73 Å². The summed E-state index contributed by atoms with van der Waals surface area (Å²) in [7, 11) is 0. The van der Waals surface area contributed by atoms with Crippen LogP contribution in [0.1, 0.15) is 30.9 Å². The summed E-state index contributed by atoms with van der Waals surface area (Å²) in [5.74, 6) is -0.0943. The summed E-state index contributed by atoms with van der Waals surface area (Å²) >= 11 is 0. The van der Waals surface area contributed by atoms with Crippen molar-refractivity contribution in [3.05, 3.63) is 35.9 Å². The first-order valence-corrected chi connectivity index (χ1v) is 7.08. The summed E-state index contributed by atoms with van der Waals surface area (Å²) < 4.78 is 0. The van der Waals surface area contributed by atoms with Gasteiger partial charge in [-0.3, -0.25) is 4.79 Å². The van der Waals surface area contributed by atoms with Gasteiger partial charge in [0.1, 0.15) is 6.04 Å². The van der Waals surface area contributed by atoms with E-state index in [9.17, 15) is 4.79 Å². The van der Waals surface area contributed by atoms with E-state index in [-0.39, 0.29) is 5.91 Å². The van der Waals surface area contributed by atoms with Crippen LogP contribution in [-0.4, -0.2) is 37.0 Å². The summed E-state index contributed by atoms with van der Waals surface area (Å²) in [5, 5.41) is 2.92. The number of nitrogens with two attached hydrogens (primary N) is 1. The van der Waals surface area contributed by atoms with Gasteiger partial charge in [-0.05, 0) is 31.5 Å². The molecule has 1 amide bonds. The van der Waals surface area contributed by atoms with E-state index in [1.54, 1.807) is 0 Å². The predicted octanol–water partition coefficient (Wildman–Crippen LogP) is 1.29. The maximum absolute atomic E-state index is 11.9. The Morgan fingerprint density at radius 3 is 2.58 bits per heavy atom. The monoisotopic (exact) mass is 261 g/mol. The first-order chi connectivity index (χ1) is 9.27. The van der Waals surface area contributed by atoms with Crippen LogP contribution in [-0.2, 0) is 4.79 Å². The van der Waals surface area contributed by atoms with Gasteiger partial charge >= 0.3 is 0 Å². The van der Waals surface area contributed by atoms with Crippen molar-refractivity contribution in [2.45, 2.75) is 25.3 Å². The van der Waals surface area contributed by atoms with Crippen LogP contribution in [0.25, 0.3) is 0 Å². The molecule has 1 aromatic rings. The van der Waals surface area contributed by atoms with Gasteiger partial charge in [0, 0.05) is 13.1 Å². The first-order valence-electron chi connectivity index (χ1n) is 7.08. The summed E-state index contributed by atoms with van der Waals surface area (Å²) in [5.41, 5.74) is 6.79. The van der Waals surface area contributed by atoms with Crippen molar-refractivity contribution in [1.82, 2.24) is 10.2 Å². The van der Waals surface area contributed by atoms with E-state index in [1.165, 1.54) is 19.3 Å². The van der Waals surface area contributed by atoms with Crippen molar-refractivity contribution in [3.8, 4) is 0 Å². The zero-order valence-corrected chi connectivity index (χ0v) is 11.3. The highest BCUT2D eigenvalue weighted by atomic mass is 16.2. The zero-order chi connectivity index (χ0) is 13.5. The fraction of sp³-hybridized carbons (Fsp3) is 0.533. The molecule has 0 aromatic heterocycles. The van der Waals surface area contributed by atoms with Crippen LogP contribution in [0.15, 0.2) is 30.3 Å². The number of hydrogen-bond donors (Lipinski definition) is 2. The van der Waals surface area contributed by atoms with Crippen molar-refractivity contribution >= 4 is 5.91 Å². The van der Waals surface area contributed by atoms with Crippen LogP contribution in [0.5, 0.6) is 0 Å². The Balaban J connectivity index is 1.72. The quantitative estimate of drug-likeness (QED) is 0.839. The number of likely N-dealkylation sites (tertiary alicyclic amines) is 1. The number of carbonyl (C=O) groups excluding carboxylic acids is 1. The van der Waals surface area contributed by atoms with Gasteiger partial charge in [0.15, 0.2) is 0 Å². The van der Waals surface area contributed by atoms with Crippen LogP contribution in [0.4, 0.5) is 0 Å². The lowest BCUT2D eigenvalue weighted by molar-refractivity contribution is -0.122. The smallest absolute Gasteiger partial charge is 0.241 e. The van der Waals surface area contributed by atoms with Gasteiger partial charge in [0.25, 0.3) is 0 Å². The Bertz CT molecular complexity index is 388. The average molecular weight is 261 g/mol. The molecule has 1 aliphatic rings. The molecule has 19 heavy (non-hydrogen) atoms. The molecule has 0 saturated carbocycles. The Kier molecular flexibility index (Phi) is 5.36. The zero-order valence-electron chi connectivity index (χ0n) is 11.3. The molecule has 4 nitrogen and oxygen atoms in total. The second kappa shape index (κ2) is 7.26. The van der Waals surface area contributed by atoms with Gasteiger partial charge in [-0.25, -0.2) is 0 Å². The number of piperidine rings is 1. The van der Waals surface area contributed by atoms with Gasteiger partial charge in [-0.2, -0.15) is 0 Å². The molecule has 4 heteroatoms. The first kappa shape index (κ1) is 14.0. The molecule has 0 bridgehead atoms. The lowest BCUT2D eigenvalue weighted by Crippen LogP contribution is -2.40. The molecule has 0 radical (unpaired) electrons. The van der Waals surface area contributed by atoms with Crippen molar-refractivity contribution in [2.75, 3.05) is 26.2 Å². The predicted molar refractivity (Wildman–Crippen MR) is 76.7 cm³/mol. The second-order valence-corrected chi connectivity index (χ2v) is 5.08. The summed E-state index contributed by atoms with van der Waals surface area (Å²) in [6.07, 6.45) is 3.89. The van der Waals surface area contributed by atoms with Gasteiger partial charge in [0.2, 0.25) is 5.91 Å². The summed E-state index contributed by atoms with van der Waals surface area (Å²) in [6, 6.07) is 8.92. The molecule has 1 saturated heterocycles. The van der Waals surface area contributed by atoms with Gasteiger partial charge in [-0.15, -0.1) is 0 Å². The fourth-order valence-corrected chi connectivity index (χ4v) is 2.44. The van der Waals surface area contributed by atoms with Crippen LogP contribution in [0, 0.1) is 0 Å². The Hall–Kier alpha value is -1.39. The van der Waals surface area contributed by atoms with Gasteiger partial charge in [-0.1, -0.05) is 36.8 Å². The average Bonchev–Trinajstić information content (AvgIpc) is 2.48. The molecule has 0 aliphatic carbocycles. The van der Waals surface area contributed by atoms with Gasteiger partial charge < -0.3 is 16.0 Å². The third kappa shape index (κ3) is 4.33. The van der Waals surface area contributed by atoms with Crippen molar-refractivity contribution in [3.63, 3.8) is 0 Å². The molecule has 1 fully saturated rings. The molecule has 2 rings (SSSR count). The lowest BCUT2D eigenvalue weighted by Gasteiger charge is -2.26. The van der Waals surface area contributed by atoms with E-state index >= 15 is 0 Å². The third-order valence-corrected chi connectivity index (χ3v) is 3.62. The molecular weight excluding hydrogens is 238 g/mol. The highest BCUT2D eigenvalue weighted by Crippen LogP contribution is 2.09. The molecule has 104 valence electrons. The standard InChI is InChI=1S/C15H23N3O/c16-14(13-7-3-1-4-8-13)15(19)17-9-12-18-10-5-2-6-11-18/h1,3-4,7-8,14H,2,5-6,9-12,16H2,(H,17,19). The highest BCUT2D eigenvalue weighted by molar-refractivity contribution is 5.82. The molecule has 1 aliphatic heterocycles. The maximum Gasteiger partial charge on any atom is 0.241 e. The number of hydrogen-bond acceptors (Lipinski definition) is 3. The molecule has 1 heterocycles. The summed E-state index contributed by atoms with van der Waals surface area (Å²) in [4.78, 5) is 14.3. The molecule has 0 spiro atoms. The SMILES string of the molecule is NC(C(=O)NCCN1CCCCC1)c1ccccc1. The molecular formula is C15H23N3O.